The minimum Gasteiger partial charge on any atom is -0.756 e. The molecule has 0 aliphatic rings. The Morgan fingerprint density at radius 3 is 2.26 bits per heavy atom. The maximum atomic E-state index is 11.3. The van der Waals surface area contributed by atoms with Gasteiger partial charge in [0.25, 0.3) is 7.82 Å². The van der Waals surface area contributed by atoms with E-state index in [0.29, 0.717) is 6.42 Å². The molecule has 0 rings (SSSR count). The van der Waals surface area contributed by atoms with Crippen LogP contribution in [-0.4, -0.2) is 37.9 Å². The Morgan fingerprint density at radius 2 is 1.79 bits per heavy atom. The molecule has 0 fully saturated rings. The largest absolute Gasteiger partial charge is 0.756 e. The van der Waals surface area contributed by atoms with E-state index in [0.717, 1.165) is 6.92 Å². The van der Waals surface area contributed by atoms with Gasteiger partial charge in [-0.1, -0.05) is 6.92 Å². The van der Waals surface area contributed by atoms with Crippen molar-refractivity contribution in [2.75, 3.05) is 19.8 Å². The van der Waals surface area contributed by atoms with Crippen molar-refractivity contribution in [2.24, 2.45) is 0 Å². The van der Waals surface area contributed by atoms with Gasteiger partial charge in [-0.15, -0.1) is 0 Å². The van der Waals surface area contributed by atoms with Crippen molar-refractivity contribution in [3.8, 4) is 0 Å². The van der Waals surface area contributed by atoms with Crippen LogP contribution >= 0.6 is 7.82 Å². The lowest BCUT2D eigenvalue weighted by molar-refractivity contribution is -0.228. The molecular weight excluding hydrogens is 279 g/mol. The molecule has 0 heterocycles. The molecular formula is C10H18O8P-. The predicted octanol–water partition coefficient (Wildman–Crippen LogP) is 0.393. The first-order valence-corrected chi connectivity index (χ1v) is 7.13. The molecule has 0 aromatic heterocycles. The fourth-order valence-electron chi connectivity index (χ4n) is 0.976. The highest BCUT2D eigenvalue weighted by atomic mass is 31.2. The second-order valence-electron chi connectivity index (χ2n) is 3.61. The summed E-state index contributed by atoms with van der Waals surface area (Å²) in [6.07, 6.45) is -0.495. The molecule has 112 valence electrons. The lowest BCUT2D eigenvalue weighted by atomic mass is 10.4. The standard InChI is InChI=1S/C10H19O8P/c1-4-5-16-19(13,14)17-7-10(18-9(3)12)6-15-8(2)11/h10H,4-7H2,1-3H3,(H,13,14)/p-1. The minimum absolute atomic E-state index is 0.00293. The fraction of sp³-hybridized carbons (Fsp3) is 0.800. The van der Waals surface area contributed by atoms with Gasteiger partial charge in [-0.3, -0.25) is 14.2 Å². The smallest absolute Gasteiger partial charge is 0.303 e. The summed E-state index contributed by atoms with van der Waals surface area (Å²) in [5.74, 6) is -1.22. The molecule has 0 spiro atoms. The molecule has 0 amide bonds. The number of esters is 2. The molecule has 2 unspecified atom stereocenters. The molecule has 0 radical (unpaired) electrons. The van der Waals surface area contributed by atoms with Gasteiger partial charge in [0.15, 0.2) is 6.10 Å². The van der Waals surface area contributed by atoms with E-state index in [1.54, 1.807) is 6.92 Å². The van der Waals surface area contributed by atoms with Gasteiger partial charge in [0.2, 0.25) is 0 Å². The first-order chi connectivity index (χ1) is 8.76. The number of phosphoric acid groups is 1. The van der Waals surface area contributed by atoms with E-state index in [-0.39, 0.29) is 13.2 Å². The Labute approximate surface area is 111 Å². The lowest BCUT2D eigenvalue weighted by Gasteiger charge is -2.25. The van der Waals surface area contributed by atoms with Crippen LogP contribution in [0.15, 0.2) is 0 Å². The highest BCUT2D eigenvalue weighted by Gasteiger charge is 2.18. The fourth-order valence-corrected chi connectivity index (χ4v) is 1.81. The Bertz CT molecular complexity index is 342. The molecule has 0 aliphatic carbocycles. The van der Waals surface area contributed by atoms with Crippen molar-refractivity contribution in [3.63, 3.8) is 0 Å². The lowest BCUT2D eigenvalue weighted by Crippen LogP contribution is -2.29. The molecule has 0 aromatic rings. The molecule has 9 heteroatoms. The van der Waals surface area contributed by atoms with Crippen LogP contribution in [0, 0.1) is 0 Å². The Balaban J connectivity index is 4.26. The first kappa shape index (κ1) is 18.0. The molecule has 19 heavy (non-hydrogen) atoms. The number of phosphoric ester groups is 1. The molecule has 8 nitrogen and oxygen atoms in total. The maximum absolute atomic E-state index is 11.3. The van der Waals surface area contributed by atoms with Crippen LogP contribution in [0.4, 0.5) is 0 Å². The van der Waals surface area contributed by atoms with E-state index < -0.39 is 32.5 Å². The average molecular weight is 297 g/mol. The number of carbonyl (C=O) groups excluding carboxylic acids is 2. The van der Waals surface area contributed by atoms with Crippen molar-refractivity contribution in [3.05, 3.63) is 0 Å². The van der Waals surface area contributed by atoms with Crippen LogP contribution < -0.4 is 4.89 Å². The highest BCUT2D eigenvalue weighted by molar-refractivity contribution is 7.45. The first-order valence-electron chi connectivity index (χ1n) is 5.67. The van der Waals surface area contributed by atoms with E-state index in [4.69, 9.17) is 4.74 Å². The van der Waals surface area contributed by atoms with Crippen molar-refractivity contribution < 1.29 is 37.6 Å². The van der Waals surface area contributed by atoms with E-state index >= 15 is 0 Å². The van der Waals surface area contributed by atoms with E-state index in [1.165, 1.54) is 6.92 Å². The summed E-state index contributed by atoms with van der Waals surface area (Å²) in [4.78, 5) is 32.7. The van der Waals surface area contributed by atoms with Gasteiger partial charge in [-0.05, 0) is 6.42 Å². The van der Waals surface area contributed by atoms with Crippen LogP contribution in [0.25, 0.3) is 0 Å². The van der Waals surface area contributed by atoms with E-state index in [9.17, 15) is 19.0 Å². The normalized spacial score (nSPS) is 15.4. The van der Waals surface area contributed by atoms with Crippen LogP contribution in [0.1, 0.15) is 27.2 Å². The topological polar surface area (TPSA) is 111 Å². The van der Waals surface area contributed by atoms with Crippen LogP contribution in [0.5, 0.6) is 0 Å². The number of ether oxygens (including phenoxy) is 2. The number of hydrogen-bond acceptors (Lipinski definition) is 8. The minimum atomic E-state index is -4.44. The Kier molecular flexibility index (Phi) is 8.58. The van der Waals surface area contributed by atoms with Gasteiger partial charge >= 0.3 is 11.9 Å². The molecule has 0 saturated carbocycles. The third-order valence-electron chi connectivity index (χ3n) is 1.68. The van der Waals surface area contributed by atoms with Gasteiger partial charge in [0.1, 0.15) is 6.61 Å². The van der Waals surface area contributed by atoms with Crippen molar-refractivity contribution in [1.82, 2.24) is 0 Å². The zero-order valence-electron chi connectivity index (χ0n) is 11.1. The highest BCUT2D eigenvalue weighted by Crippen LogP contribution is 2.38. The summed E-state index contributed by atoms with van der Waals surface area (Å²) in [7, 11) is -4.44. The zero-order valence-corrected chi connectivity index (χ0v) is 12.0. The summed E-state index contributed by atoms with van der Waals surface area (Å²) in [5.41, 5.74) is 0. The van der Waals surface area contributed by atoms with E-state index in [2.05, 4.69) is 13.8 Å². The van der Waals surface area contributed by atoms with Crippen molar-refractivity contribution >= 4 is 19.8 Å². The summed E-state index contributed by atoms with van der Waals surface area (Å²) >= 11 is 0. The van der Waals surface area contributed by atoms with Crippen LogP contribution in [0.2, 0.25) is 0 Å². The van der Waals surface area contributed by atoms with Crippen LogP contribution in [-0.2, 0) is 32.7 Å². The number of rotatable bonds is 9. The molecule has 0 N–H and O–H groups in total. The van der Waals surface area contributed by atoms with Gasteiger partial charge in [0.05, 0.1) is 13.2 Å². The van der Waals surface area contributed by atoms with Crippen molar-refractivity contribution in [1.29, 1.82) is 0 Å². The quantitative estimate of drug-likeness (QED) is 0.444. The SMILES string of the molecule is CCCOP(=O)([O-])OCC(COC(C)=O)OC(C)=O. The van der Waals surface area contributed by atoms with E-state index in [1.807, 2.05) is 0 Å². The third-order valence-corrected chi connectivity index (χ3v) is 2.64. The van der Waals surface area contributed by atoms with Crippen molar-refractivity contribution in [2.45, 2.75) is 33.3 Å². The maximum Gasteiger partial charge on any atom is 0.303 e. The summed E-state index contributed by atoms with van der Waals surface area (Å²) in [5, 5.41) is 0. The average Bonchev–Trinajstić information content (AvgIpc) is 2.29. The van der Waals surface area contributed by atoms with Gasteiger partial charge in [-0.25, -0.2) is 0 Å². The number of carbonyl (C=O) groups is 2. The monoisotopic (exact) mass is 297 g/mol. The molecule has 0 aliphatic heterocycles. The molecule has 0 saturated heterocycles. The summed E-state index contributed by atoms with van der Waals surface area (Å²) < 4.78 is 29.6. The Hall–Kier alpha value is -0.950. The second kappa shape index (κ2) is 9.03. The van der Waals surface area contributed by atoms with Gasteiger partial charge < -0.3 is 23.4 Å². The van der Waals surface area contributed by atoms with Crippen LogP contribution in [0.3, 0.4) is 0 Å². The predicted molar refractivity (Wildman–Crippen MR) is 62.0 cm³/mol. The van der Waals surface area contributed by atoms with Gasteiger partial charge in [-0.2, -0.15) is 0 Å². The zero-order chi connectivity index (χ0) is 14.9. The summed E-state index contributed by atoms with van der Waals surface area (Å²) in [6, 6.07) is 0. The number of hydrogen-bond donors (Lipinski definition) is 0. The summed E-state index contributed by atoms with van der Waals surface area (Å²) in [6.45, 7) is 3.30. The third kappa shape index (κ3) is 10.6. The molecule has 2 atom stereocenters. The molecule has 0 aromatic carbocycles. The second-order valence-corrected chi connectivity index (χ2v) is 5.02. The van der Waals surface area contributed by atoms with Gasteiger partial charge in [0, 0.05) is 13.8 Å². The Morgan fingerprint density at radius 1 is 1.16 bits per heavy atom. The molecule has 0 bridgehead atoms.